The minimum atomic E-state index is -0.833. The number of hydrogen-bond donors (Lipinski definition) is 4. The van der Waals surface area contributed by atoms with Crippen molar-refractivity contribution in [1.82, 2.24) is 0 Å². The predicted molar refractivity (Wildman–Crippen MR) is 35.2 cm³/mol. The first-order valence-electron chi connectivity index (χ1n) is 1.76. The Morgan fingerprint density at radius 1 is 1.56 bits per heavy atom. The van der Waals surface area contributed by atoms with Crippen molar-refractivity contribution in [1.29, 1.82) is 5.41 Å². The Bertz CT molecular complexity index is 75.1. The molecule has 0 aliphatic rings. The molecule has 0 saturated heterocycles. The van der Waals surface area contributed by atoms with E-state index < -0.39 is 5.97 Å². The summed E-state index contributed by atoms with van der Waals surface area (Å²) in [5, 5.41) is 13.5. The van der Waals surface area contributed by atoms with Crippen LogP contribution in [0.2, 0.25) is 0 Å². The maximum Gasteiger partial charge on any atom is 0.300 e. The van der Waals surface area contributed by atoms with E-state index >= 15 is 0 Å². The molecule has 0 heterocycles. The molecule has 52 valence electrons. The first-order valence-corrected chi connectivity index (χ1v) is 1.76. The number of nitrogens with one attached hydrogen (secondary N) is 1. The van der Waals surface area contributed by atoms with Gasteiger partial charge in [-0.2, -0.15) is 0 Å². The maximum atomic E-state index is 9.00. The molecule has 6 heteroatoms. The molecule has 0 spiro atoms. The topological polar surface area (TPSA) is 113 Å². The van der Waals surface area contributed by atoms with Gasteiger partial charge in [0.2, 0.25) is 0 Å². The molecular formula is C3H9N3O2Sn. The second kappa shape index (κ2) is 10.5. The van der Waals surface area contributed by atoms with Crippen LogP contribution in [-0.2, 0) is 4.79 Å². The number of nitrogens with two attached hydrogens (primary N) is 2. The third-order valence-corrected chi connectivity index (χ3v) is 0. The zero-order chi connectivity index (χ0) is 7.15. The Morgan fingerprint density at radius 3 is 1.56 bits per heavy atom. The van der Waals surface area contributed by atoms with Crippen LogP contribution >= 0.6 is 0 Å². The van der Waals surface area contributed by atoms with Gasteiger partial charge in [-0.3, -0.25) is 10.2 Å². The van der Waals surface area contributed by atoms with Crippen molar-refractivity contribution in [2.24, 2.45) is 11.5 Å². The summed E-state index contributed by atoms with van der Waals surface area (Å²) >= 11 is 0. The van der Waals surface area contributed by atoms with Crippen LogP contribution < -0.4 is 11.5 Å². The van der Waals surface area contributed by atoms with Crippen molar-refractivity contribution in [2.75, 3.05) is 0 Å². The van der Waals surface area contributed by atoms with Gasteiger partial charge in [-0.15, -0.1) is 0 Å². The van der Waals surface area contributed by atoms with Crippen LogP contribution in [0.15, 0.2) is 0 Å². The van der Waals surface area contributed by atoms with Crippen LogP contribution in [0, 0.1) is 5.41 Å². The summed E-state index contributed by atoms with van der Waals surface area (Å²) in [6, 6.07) is 0. The van der Waals surface area contributed by atoms with Gasteiger partial charge in [0.05, 0.1) is 0 Å². The molecule has 0 atom stereocenters. The fourth-order valence-corrected chi connectivity index (χ4v) is 0. The van der Waals surface area contributed by atoms with Gasteiger partial charge < -0.3 is 16.6 Å². The maximum absolute atomic E-state index is 9.00. The second-order valence-electron chi connectivity index (χ2n) is 0.974. The van der Waals surface area contributed by atoms with Gasteiger partial charge in [0.25, 0.3) is 5.97 Å². The van der Waals surface area contributed by atoms with Crippen LogP contribution in [0.3, 0.4) is 0 Å². The van der Waals surface area contributed by atoms with Crippen molar-refractivity contribution in [3.05, 3.63) is 0 Å². The van der Waals surface area contributed by atoms with E-state index in [2.05, 4.69) is 11.5 Å². The molecule has 9 heavy (non-hydrogen) atoms. The van der Waals surface area contributed by atoms with E-state index in [9.17, 15) is 0 Å². The quantitative estimate of drug-likeness (QED) is 0.235. The van der Waals surface area contributed by atoms with E-state index in [4.69, 9.17) is 15.3 Å². The first-order chi connectivity index (χ1) is 3.46. The largest absolute Gasteiger partial charge is 0.481 e. The first kappa shape index (κ1) is 15.8. The molecular weight excluding hydrogens is 229 g/mol. The smallest absolute Gasteiger partial charge is 0.300 e. The summed E-state index contributed by atoms with van der Waals surface area (Å²) < 4.78 is 0. The fraction of sp³-hybridized carbons (Fsp3) is 0.333. The summed E-state index contributed by atoms with van der Waals surface area (Å²) in [6.07, 6.45) is 0. The van der Waals surface area contributed by atoms with E-state index in [-0.39, 0.29) is 29.9 Å². The number of rotatable bonds is 0. The van der Waals surface area contributed by atoms with Crippen molar-refractivity contribution in [3.63, 3.8) is 0 Å². The van der Waals surface area contributed by atoms with Gasteiger partial charge in [-0.25, -0.2) is 0 Å². The Morgan fingerprint density at radius 2 is 1.56 bits per heavy atom. The zero-order valence-corrected chi connectivity index (χ0v) is 7.86. The fourth-order valence-electron chi connectivity index (χ4n) is 0. The van der Waals surface area contributed by atoms with Gasteiger partial charge >= 0.3 is 0 Å². The molecule has 0 aromatic carbocycles. The average molecular weight is 238 g/mol. The van der Waals surface area contributed by atoms with Gasteiger partial charge in [0.15, 0.2) is 5.96 Å². The van der Waals surface area contributed by atoms with E-state index in [1.165, 1.54) is 0 Å². The second-order valence-corrected chi connectivity index (χ2v) is 0.974. The molecule has 0 amide bonds. The Hall–Kier alpha value is -0.461. The van der Waals surface area contributed by atoms with E-state index in [0.29, 0.717) is 0 Å². The average Bonchev–Trinajstić information content (AvgIpc) is 1.25. The van der Waals surface area contributed by atoms with Gasteiger partial charge in [-0.05, 0) is 0 Å². The van der Waals surface area contributed by atoms with Crippen molar-refractivity contribution in [2.45, 2.75) is 6.92 Å². The van der Waals surface area contributed by atoms with Crippen LogP contribution in [0.4, 0.5) is 0 Å². The van der Waals surface area contributed by atoms with Crippen LogP contribution in [0.5, 0.6) is 0 Å². The van der Waals surface area contributed by atoms with E-state index in [1.807, 2.05) is 0 Å². The number of aliphatic carboxylic acids is 1. The molecule has 0 aliphatic carbocycles. The molecule has 6 N–H and O–H groups in total. The molecule has 0 bridgehead atoms. The Labute approximate surface area is 69.9 Å². The van der Waals surface area contributed by atoms with E-state index in [0.717, 1.165) is 6.92 Å². The minimum Gasteiger partial charge on any atom is -0.481 e. The summed E-state index contributed by atoms with van der Waals surface area (Å²) in [6.45, 7) is 1.08. The molecule has 0 unspecified atom stereocenters. The molecule has 0 saturated carbocycles. The number of hydrogen-bond acceptors (Lipinski definition) is 2. The summed E-state index contributed by atoms with van der Waals surface area (Å²) in [5.41, 5.74) is 8.94. The zero-order valence-electron chi connectivity index (χ0n) is 5.01. The van der Waals surface area contributed by atoms with Crippen LogP contribution in [0.1, 0.15) is 6.92 Å². The molecule has 5 nitrogen and oxygen atoms in total. The molecule has 0 aliphatic heterocycles. The summed E-state index contributed by atoms with van der Waals surface area (Å²) in [5.74, 6) is -1.17. The third kappa shape index (κ3) is 1090. The summed E-state index contributed by atoms with van der Waals surface area (Å²) in [4.78, 5) is 9.00. The Balaban J connectivity index is -0.0000000720. The standard InChI is InChI=1S/C2H4O2.CH5N3.Sn/c1-2(3)4;2-1(3)4;/h1H3,(H,3,4);(H5,2,3,4);. The molecule has 0 aromatic rings. The van der Waals surface area contributed by atoms with Crippen molar-refractivity contribution < 1.29 is 9.90 Å². The normalized spacial score (nSPS) is 5.44. The molecule has 0 aromatic heterocycles. The SMILES string of the molecule is CC(=O)O.N=C(N)N.[Sn]. The third-order valence-electron chi connectivity index (χ3n) is 0. The number of carboxylic acids is 1. The van der Waals surface area contributed by atoms with Gasteiger partial charge in [0.1, 0.15) is 0 Å². The van der Waals surface area contributed by atoms with E-state index in [1.54, 1.807) is 0 Å². The monoisotopic (exact) mass is 239 g/mol. The number of carbonyl (C=O) groups is 1. The minimum absolute atomic E-state index is 0. The molecule has 0 rings (SSSR count). The van der Waals surface area contributed by atoms with Crippen LogP contribution in [0.25, 0.3) is 0 Å². The predicted octanol–water partition coefficient (Wildman–Crippen LogP) is -1.45. The van der Waals surface area contributed by atoms with Crippen molar-refractivity contribution >= 4 is 35.8 Å². The number of guanidine groups is 1. The molecule has 4 radical (unpaired) electrons. The van der Waals surface area contributed by atoms with Gasteiger partial charge in [-0.1, -0.05) is 0 Å². The van der Waals surface area contributed by atoms with Gasteiger partial charge in [0, 0.05) is 30.8 Å². The molecule has 0 fully saturated rings. The van der Waals surface area contributed by atoms with Crippen LogP contribution in [-0.4, -0.2) is 40.9 Å². The number of carboxylic acid groups (broad SMARTS) is 1. The van der Waals surface area contributed by atoms with Crippen molar-refractivity contribution in [3.8, 4) is 0 Å². The summed E-state index contributed by atoms with van der Waals surface area (Å²) in [7, 11) is 0. The Kier molecular flexibility index (Phi) is 18.5.